The highest BCUT2D eigenvalue weighted by atomic mass is 16.2. The summed E-state index contributed by atoms with van der Waals surface area (Å²) in [4.78, 5) is 16.5. The van der Waals surface area contributed by atoms with Crippen molar-refractivity contribution in [1.82, 2.24) is 20.4 Å². The fraction of sp³-hybridized carbons (Fsp3) is 0.929. The molecule has 2 atom stereocenters. The standard InChI is InChI=1S/C14H26N4O/c1-17-7-6-15-8-12(17)9-18-10-13(16-14(18)19)11-4-2-3-5-11/h11-13,15H,2-10H2,1H3,(H,16,19). The Morgan fingerprint density at radius 3 is 2.84 bits per heavy atom. The molecule has 2 heterocycles. The average molecular weight is 266 g/mol. The third-order valence-electron chi connectivity index (χ3n) is 5.06. The summed E-state index contributed by atoms with van der Waals surface area (Å²) in [6.45, 7) is 4.90. The molecule has 3 aliphatic rings. The molecule has 2 amide bonds. The number of piperazine rings is 1. The zero-order chi connectivity index (χ0) is 13.2. The van der Waals surface area contributed by atoms with Crippen molar-refractivity contribution in [3.63, 3.8) is 0 Å². The van der Waals surface area contributed by atoms with Gasteiger partial charge >= 0.3 is 6.03 Å². The van der Waals surface area contributed by atoms with Crippen molar-refractivity contribution in [2.24, 2.45) is 5.92 Å². The summed E-state index contributed by atoms with van der Waals surface area (Å²) in [5, 5.41) is 6.62. The summed E-state index contributed by atoms with van der Waals surface area (Å²) in [6.07, 6.45) is 5.27. The molecule has 2 aliphatic heterocycles. The molecule has 5 heteroatoms. The second-order valence-corrected chi connectivity index (χ2v) is 6.34. The number of likely N-dealkylation sites (N-methyl/N-ethyl adjacent to an activating group) is 1. The molecule has 2 saturated heterocycles. The number of carbonyl (C=O) groups is 1. The minimum atomic E-state index is 0.149. The van der Waals surface area contributed by atoms with Crippen LogP contribution in [0.5, 0.6) is 0 Å². The van der Waals surface area contributed by atoms with Crippen LogP contribution < -0.4 is 10.6 Å². The molecule has 3 rings (SSSR count). The van der Waals surface area contributed by atoms with Gasteiger partial charge in [0.1, 0.15) is 0 Å². The number of hydrogen-bond donors (Lipinski definition) is 2. The largest absolute Gasteiger partial charge is 0.333 e. The topological polar surface area (TPSA) is 47.6 Å². The van der Waals surface area contributed by atoms with E-state index in [0.717, 1.165) is 38.6 Å². The van der Waals surface area contributed by atoms with Gasteiger partial charge in [0.05, 0.1) is 6.04 Å². The highest BCUT2D eigenvalue weighted by molar-refractivity contribution is 5.77. The summed E-state index contributed by atoms with van der Waals surface area (Å²) in [7, 11) is 2.16. The van der Waals surface area contributed by atoms with Crippen LogP contribution in [0.4, 0.5) is 4.79 Å². The number of carbonyl (C=O) groups excluding carboxylic acids is 1. The fourth-order valence-corrected chi connectivity index (χ4v) is 3.72. The van der Waals surface area contributed by atoms with E-state index in [1.807, 2.05) is 4.90 Å². The average Bonchev–Trinajstić information content (AvgIpc) is 3.02. The summed E-state index contributed by atoms with van der Waals surface area (Å²) >= 11 is 0. The molecule has 0 radical (unpaired) electrons. The molecule has 0 aromatic heterocycles. The molecular weight excluding hydrogens is 240 g/mol. The van der Waals surface area contributed by atoms with Crippen LogP contribution in [0.1, 0.15) is 25.7 Å². The van der Waals surface area contributed by atoms with Crippen molar-refractivity contribution >= 4 is 6.03 Å². The van der Waals surface area contributed by atoms with Gasteiger partial charge in [0.25, 0.3) is 0 Å². The predicted molar refractivity (Wildman–Crippen MR) is 75.1 cm³/mol. The Morgan fingerprint density at radius 2 is 2.11 bits per heavy atom. The van der Waals surface area contributed by atoms with E-state index in [-0.39, 0.29) is 6.03 Å². The number of nitrogens with zero attached hydrogens (tertiary/aromatic N) is 2. The Morgan fingerprint density at radius 1 is 1.32 bits per heavy atom. The second-order valence-electron chi connectivity index (χ2n) is 6.34. The normalized spacial score (nSPS) is 33.9. The summed E-state index contributed by atoms with van der Waals surface area (Å²) in [5.41, 5.74) is 0. The van der Waals surface area contributed by atoms with E-state index in [4.69, 9.17) is 0 Å². The first kappa shape index (κ1) is 13.2. The lowest BCUT2D eigenvalue weighted by atomic mass is 9.99. The van der Waals surface area contributed by atoms with Gasteiger partial charge in [-0.3, -0.25) is 4.90 Å². The van der Waals surface area contributed by atoms with Gasteiger partial charge in [-0.05, 0) is 25.8 Å². The van der Waals surface area contributed by atoms with Crippen LogP contribution in [0, 0.1) is 5.92 Å². The molecule has 108 valence electrons. The maximum absolute atomic E-state index is 12.1. The zero-order valence-corrected chi connectivity index (χ0v) is 11.9. The van der Waals surface area contributed by atoms with Crippen LogP contribution in [-0.4, -0.2) is 67.7 Å². The van der Waals surface area contributed by atoms with E-state index >= 15 is 0 Å². The van der Waals surface area contributed by atoms with Crippen molar-refractivity contribution in [1.29, 1.82) is 0 Å². The van der Waals surface area contributed by atoms with Crippen LogP contribution in [0.3, 0.4) is 0 Å². The van der Waals surface area contributed by atoms with E-state index in [9.17, 15) is 4.79 Å². The lowest BCUT2D eigenvalue weighted by Gasteiger charge is -2.35. The molecule has 2 unspecified atom stereocenters. The Hall–Kier alpha value is -0.810. The summed E-state index contributed by atoms with van der Waals surface area (Å²) in [6, 6.07) is 1.01. The lowest BCUT2D eigenvalue weighted by molar-refractivity contribution is 0.153. The molecule has 5 nitrogen and oxygen atoms in total. The first-order valence-corrected chi connectivity index (χ1v) is 7.70. The third-order valence-corrected chi connectivity index (χ3v) is 5.06. The van der Waals surface area contributed by atoms with Gasteiger partial charge in [0.2, 0.25) is 0 Å². The first-order chi connectivity index (χ1) is 9.24. The minimum absolute atomic E-state index is 0.149. The molecule has 0 aromatic carbocycles. The molecule has 0 bridgehead atoms. The molecule has 0 spiro atoms. The molecule has 2 N–H and O–H groups in total. The molecule has 0 aromatic rings. The Kier molecular flexibility index (Phi) is 3.93. The Balaban J connectivity index is 1.54. The molecular formula is C14H26N4O. The van der Waals surface area contributed by atoms with E-state index in [0.29, 0.717) is 12.1 Å². The quantitative estimate of drug-likeness (QED) is 0.781. The van der Waals surface area contributed by atoms with Crippen LogP contribution in [0.2, 0.25) is 0 Å². The maximum Gasteiger partial charge on any atom is 0.317 e. The number of amides is 2. The highest BCUT2D eigenvalue weighted by Crippen LogP contribution is 2.29. The Bertz CT molecular complexity index is 329. The second kappa shape index (κ2) is 5.67. The molecule has 1 aliphatic carbocycles. The monoisotopic (exact) mass is 266 g/mol. The molecule has 19 heavy (non-hydrogen) atoms. The van der Waals surface area contributed by atoms with E-state index < -0.39 is 0 Å². The van der Waals surface area contributed by atoms with Gasteiger partial charge in [0.15, 0.2) is 0 Å². The van der Waals surface area contributed by atoms with E-state index in [2.05, 4.69) is 22.6 Å². The fourth-order valence-electron chi connectivity index (χ4n) is 3.72. The number of hydrogen-bond acceptors (Lipinski definition) is 3. The Labute approximate surface area is 115 Å². The van der Waals surface area contributed by atoms with Gasteiger partial charge in [-0.1, -0.05) is 12.8 Å². The van der Waals surface area contributed by atoms with Crippen molar-refractivity contribution in [2.45, 2.75) is 37.8 Å². The third kappa shape index (κ3) is 2.87. The van der Waals surface area contributed by atoms with Gasteiger partial charge in [-0.2, -0.15) is 0 Å². The van der Waals surface area contributed by atoms with Crippen LogP contribution >= 0.6 is 0 Å². The minimum Gasteiger partial charge on any atom is -0.333 e. The lowest BCUT2D eigenvalue weighted by Crippen LogP contribution is -2.54. The molecule has 3 fully saturated rings. The van der Waals surface area contributed by atoms with Crippen molar-refractivity contribution in [2.75, 3.05) is 39.8 Å². The van der Waals surface area contributed by atoms with E-state index in [1.54, 1.807) is 0 Å². The molecule has 1 saturated carbocycles. The van der Waals surface area contributed by atoms with Crippen LogP contribution in [0.25, 0.3) is 0 Å². The maximum atomic E-state index is 12.1. The van der Waals surface area contributed by atoms with Crippen LogP contribution in [-0.2, 0) is 0 Å². The zero-order valence-electron chi connectivity index (χ0n) is 11.9. The van der Waals surface area contributed by atoms with Crippen molar-refractivity contribution in [3.8, 4) is 0 Å². The van der Waals surface area contributed by atoms with Crippen molar-refractivity contribution < 1.29 is 4.79 Å². The van der Waals surface area contributed by atoms with Crippen molar-refractivity contribution in [3.05, 3.63) is 0 Å². The summed E-state index contributed by atoms with van der Waals surface area (Å²) < 4.78 is 0. The van der Waals surface area contributed by atoms with Gasteiger partial charge in [-0.15, -0.1) is 0 Å². The van der Waals surface area contributed by atoms with Gasteiger partial charge in [-0.25, -0.2) is 4.79 Å². The number of urea groups is 1. The van der Waals surface area contributed by atoms with Crippen LogP contribution in [0.15, 0.2) is 0 Å². The number of rotatable bonds is 3. The number of nitrogens with one attached hydrogen (secondary N) is 2. The summed E-state index contributed by atoms with van der Waals surface area (Å²) in [5.74, 6) is 0.719. The van der Waals surface area contributed by atoms with E-state index in [1.165, 1.54) is 25.7 Å². The van der Waals surface area contributed by atoms with Gasteiger partial charge < -0.3 is 15.5 Å². The first-order valence-electron chi connectivity index (χ1n) is 7.70. The SMILES string of the molecule is CN1CCNCC1CN1CC(C2CCCC2)NC1=O. The van der Waals surface area contributed by atoms with Gasteiger partial charge in [0, 0.05) is 38.8 Å². The predicted octanol–water partition coefficient (Wildman–Crippen LogP) is 0.474. The highest BCUT2D eigenvalue weighted by Gasteiger charge is 2.36. The smallest absolute Gasteiger partial charge is 0.317 e.